The second-order valence-electron chi connectivity index (χ2n) is 8.03. The first-order valence-corrected chi connectivity index (χ1v) is 11.6. The molecule has 0 aliphatic carbocycles. The summed E-state index contributed by atoms with van der Waals surface area (Å²) in [5.74, 6) is -1.18. The molecule has 5 rings (SSSR count). The molecule has 2 aromatic carbocycles. The summed E-state index contributed by atoms with van der Waals surface area (Å²) in [5, 5.41) is 17.3. The lowest BCUT2D eigenvalue weighted by Gasteiger charge is -2.11. The Hall–Kier alpha value is -4.70. The average Bonchev–Trinajstić information content (AvgIpc) is 3.59. The van der Waals surface area contributed by atoms with Gasteiger partial charge in [0.15, 0.2) is 5.78 Å². The molecule has 0 fully saturated rings. The molecule has 3 aromatic heterocycles. The molecule has 0 bridgehead atoms. The monoisotopic (exact) mass is 515 g/mol. The summed E-state index contributed by atoms with van der Waals surface area (Å²) in [6.45, 7) is 0. The van der Waals surface area contributed by atoms with Gasteiger partial charge in [0.05, 0.1) is 33.9 Å². The number of aryl methyl sites for hydroxylation is 1. The van der Waals surface area contributed by atoms with Crippen molar-refractivity contribution in [2.24, 2.45) is 0 Å². The fourth-order valence-electron chi connectivity index (χ4n) is 3.71. The predicted molar refractivity (Wildman–Crippen MR) is 135 cm³/mol. The zero-order valence-electron chi connectivity index (χ0n) is 19.2. The molecule has 37 heavy (non-hydrogen) atoms. The van der Waals surface area contributed by atoms with Crippen LogP contribution in [0.2, 0.25) is 5.02 Å². The summed E-state index contributed by atoms with van der Waals surface area (Å²) in [4.78, 5) is 30.3. The predicted octanol–water partition coefficient (Wildman–Crippen LogP) is 4.91. The molecule has 0 saturated carbocycles. The molecule has 0 atom stereocenters. The number of rotatable bonds is 8. The number of hydrogen-bond acceptors (Lipinski definition) is 6. The molecule has 5 aromatic rings. The normalized spacial score (nSPS) is 10.9. The number of carbonyl (C=O) groups is 2. The van der Waals surface area contributed by atoms with Crippen LogP contribution in [0.15, 0.2) is 79.1 Å². The molecule has 9 nitrogen and oxygen atoms in total. The van der Waals surface area contributed by atoms with E-state index in [9.17, 15) is 14.0 Å². The van der Waals surface area contributed by atoms with E-state index in [1.807, 2.05) is 18.2 Å². The molecule has 3 heterocycles. The molecule has 184 valence electrons. The lowest BCUT2D eigenvalue weighted by Crippen LogP contribution is -2.16. The van der Waals surface area contributed by atoms with Gasteiger partial charge in [-0.25, -0.2) is 9.07 Å². The van der Waals surface area contributed by atoms with Crippen LogP contribution in [0, 0.1) is 5.82 Å². The topological polar surface area (TPSA) is 118 Å². The molecule has 0 saturated heterocycles. The van der Waals surface area contributed by atoms with Crippen molar-refractivity contribution < 1.29 is 14.0 Å². The number of anilines is 1. The van der Waals surface area contributed by atoms with E-state index in [4.69, 9.17) is 11.6 Å². The number of nitrogens with one attached hydrogen (secondary N) is 2. The lowest BCUT2D eigenvalue weighted by atomic mass is 10.1. The first-order valence-electron chi connectivity index (χ1n) is 11.2. The standard InChI is InChI=1S/C26H19ClFN7O2/c27-20-13-21(28)19(22-8-4-5-11-29-22)12-18(20)26(37)31-25-14-23(24(36)10-9-16-15-30-34-32-16)33-35(25)17-6-2-1-3-7-17/h1-8,11-15H,9-10H2,(H,31,37)(H,30,32,34). The van der Waals surface area contributed by atoms with Crippen LogP contribution >= 0.6 is 11.6 Å². The number of ketones is 1. The molecular weight excluding hydrogens is 497 g/mol. The number of aromatic nitrogens is 6. The van der Waals surface area contributed by atoms with Crippen LogP contribution in [0.1, 0.15) is 33.0 Å². The molecule has 0 aliphatic heterocycles. The Morgan fingerprint density at radius 2 is 1.86 bits per heavy atom. The van der Waals surface area contributed by atoms with Crippen LogP contribution in [0.4, 0.5) is 10.2 Å². The first kappa shape index (κ1) is 24.0. The first-order chi connectivity index (χ1) is 18.0. The SMILES string of the molecule is O=C(CCc1cn[nH]n1)c1cc(NC(=O)c2cc(-c3ccccn3)c(F)cc2Cl)n(-c2ccccc2)n1. The zero-order valence-corrected chi connectivity index (χ0v) is 20.0. The molecule has 0 unspecified atom stereocenters. The van der Waals surface area contributed by atoms with E-state index in [1.54, 1.807) is 36.5 Å². The zero-order chi connectivity index (χ0) is 25.8. The maximum atomic E-state index is 14.6. The number of para-hydroxylation sites is 1. The van der Waals surface area contributed by atoms with E-state index in [0.717, 1.165) is 6.07 Å². The fourth-order valence-corrected chi connectivity index (χ4v) is 3.95. The van der Waals surface area contributed by atoms with Crippen molar-refractivity contribution in [3.8, 4) is 16.9 Å². The van der Waals surface area contributed by atoms with E-state index in [1.165, 1.54) is 23.0 Å². The Morgan fingerprint density at radius 3 is 2.59 bits per heavy atom. The second-order valence-corrected chi connectivity index (χ2v) is 8.43. The van der Waals surface area contributed by atoms with Gasteiger partial charge in [0.1, 0.15) is 17.3 Å². The van der Waals surface area contributed by atoms with E-state index >= 15 is 0 Å². The van der Waals surface area contributed by atoms with Crippen molar-refractivity contribution in [1.29, 1.82) is 0 Å². The van der Waals surface area contributed by atoms with Gasteiger partial charge in [0.2, 0.25) is 0 Å². The summed E-state index contributed by atoms with van der Waals surface area (Å²) in [5.41, 5.74) is 1.99. The van der Waals surface area contributed by atoms with E-state index < -0.39 is 11.7 Å². The maximum absolute atomic E-state index is 14.6. The van der Waals surface area contributed by atoms with Crippen LogP contribution in [-0.2, 0) is 6.42 Å². The van der Waals surface area contributed by atoms with Gasteiger partial charge in [0.25, 0.3) is 5.91 Å². The van der Waals surface area contributed by atoms with Gasteiger partial charge >= 0.3 is 0 Å². The van der Waals surface area contributed by atoms with Gasteiger partial charge in [0, 0.05) is 30.7 Å². The minimum atomic E-state index is -0.602. The highest BCUT2D eigenvalue weighted by Crippen LogP contribution is 2.28. The Morgan fingerprint density at radius 1 is 1.05 bits per heavy atom. The van der Waals surface area contributed by atoms with Crippen molar-refractivity contribution in [3.63, 3.8) is 0 Å². The summed E-state index contributed by atoms with van der Waals surface area (Å²) in [7, 11) is 0. The molecule has 11 heteroatoms. The number of benzene rings is 2. The van der Waals surface area contributed by atoms with E-state index in [2.05, 4.69) is 30.8 Å². The number of hydrogen-bond donors (Lipinski definition) is 2. The lowest BCUT2D eigenvalue weighted by molar-refractivity contribution is 0.0975. The quantitative estimate of drug-likeness (QED) is 0.283. The van der Waals surface area contributed by atoms with Gasteiger partial charge in [-0.1, -0.05) is 35.9 Å². The van der Waals surface area contributed by atoms with Gasteiger partial charge in [-0.15, -0.1) is 0 Å². The van der Waals surface area contributed by atoms with Crippen molar-refractivity contribution >= 4 is 29.1 Å². The third-order valence-corrected chi connectivity index (χ3v) is 5.87. The smallest absolute Gasteiger partial charge is 0.258 e. The summed E-state index contributed by atoms with van der Waals surface area (Å²) in [6.07, 6.45) is 3.62. The Bertz CT molecular complexity index is 1560. The third kappa shape index (κ3) is 5.29. The van der Waals surface area contributed by atoms with Gasteiger partial charge < -0.3 is 5.32 Å². The van der Waals surface area contributed by atoms with Crippen LogP contribution < -0.4 is 5.32 Å². The van der Waals surface area contributed by atoms with Crippen LogP contribution in [0.5, 0.6) is 0 Å². The molecule has 0 aliphatic rings. The summed E-state index contributed by atoms with van der Waals surface area (Å²) >= 11 is 6.24. The molecular formula is C26H19ClFN7O2. The maximum Gasteiger partial charge on any atom is 0.258 e. The van der Waals surface area contributed by atoms with Gasteiger partial charge in [-0.3, -0.25) is 14.6 Å². The van der Waals surface area contributed by atoms with Gasteiger partial charge in [-0.2, -0.15) is 20.5 Å². The fraction of sp³-hybridized carbons (Fsp3) is 0.0769. The average molecular weight is 516 g/mol. The highest BCUT2D eigenvalue weighted by molar-refractivity contribution is 6.34. The number of pyridine rings is 1. The van der Waals surface area contributed by atoms with Crippen molar-refractivity contribution in [1.82, 2.24) is 30.2 Å². The largest absolute Gasteiger partial charge is 0.306 e. The molecule has 1 amide bonds. The summed E-state index contributed by atoms with van der Waals surface area (Å²) < 4.78 is 16.1. The minimum absolute atomic E-state index is 0.0449. The van der Waals surface area contributed by atoms with Crippen LogP contribution in [0.25, 0.3) is 16.9 Å². The number of halogens is 2. The number of amides is 1. The number of aromatic amines is 1. The van der Waals surface area contributed by atoms with Crippen LogP contribution in [-0.4, -0.2) is 41.9 Å². The number of nitrogens with zero attached hydrogens (tertiary/aromatic N) is 5. The summed E-state index contributed by atoms with van der Waals surface area (Å²) in [6, 6.07) is 18.0. The van der Waals surface area contributed by atoms with Gasteiger partial charge in [-0.05, 0) is 36.4 Å². The Balaban J connectivity index is 1.46. The Labute approximate surface area is 215 Å². The number of carbonyl (C=O) groups excluding carboxylic acids is 2. The highest BCUT2D eigenvalue weighted by Gasteiger charge is 2.21. The molecule has 0 spiro atoms. The van der Waals surface area contributed by atoms with Crippen molar-refractivity contribution in [2.45, 2.75) is 12.8 Å². The molecule has 0 radical (unpaired) electrons. The van der Waals surface area contributed by atoms with E-state index in [0.29, 0.717) is 23.5 Å². The number of Topliss-reactive ketones (excluding diaryl/α,β-unsaturated/α-hetero) is 1. The molecule has 2 N–H and O–H groups in total. The Kier molecular flexibility index (Phi) is 6.82. The minimum Gasteiger partial charge on any atom is -0.306 e. The van der Waals surface area contributed by atoms with E-state index in [-0.39, 0.29) is 39.9 Å². The second kappa shape index (κ2) is 10.5. The number of H-pyrrole nitrogens is 1. The van der Waals surface area contributed by atoms with Crippen LogP contribution in [0.3, 0.4) is 0 Å². The third-order valence-electron chi connectivity index (χ3n) is 5.55. The highest BCUT2D eigenvalue weighted by atomic mass is 35.5. The van der Waals surface area contributed by atoms with Crippen molar-refractivity contribution in [2.75, 3.05) is 5.32 Å². The van der Waals surface area contributed by atoms with Crippen molar-refractivity contribution in [3.05, 3.63) is 107 Å².